The van der Waals surface area contributed by atoms with Gasteiger partial charge in [0.2, 0.25) is 0 Å². The molecule has 0 aliphatic carbocycles. The van der Waals surface area contributed by atoms with E-state index in [-0.39, 0.29) is 31.1 Å². The van der Waals surface area contributed by atoms with Crippen molar-refractivity contribution in [3.8, 4) is 0 Å². The summed E-state index contributed by atoms with van der Waals surface area (Å²) in [6.45, 7) is 6.71. The summed E-state index contributed by atoms with van der Waals surface area (Å²) in [5.74, 6) is -0.836. The molecule has 0 fully saturated rings. The fraction of sp³-hybridized carbons (Fsp3) is 0.934. The van der Waals surface area contributed by atoms with Crippen LogP contribution in [0.3, 0.4) is 0 Å². The van der Waals surface area contributed by atoms with Gasteiger partial charge in [-0.3, -0.25) is 14.4 Å². The van der Waals surface area contributed by atoms with Gasteiger partial charge in [-0.25, -0.2) is 0 Å². The fourth-order valence-corrected chi connectivity index (χ4v) is 11.9. The molecule has 486 valence electrons. The Hall–Kier alpha value is -1.85. The first-order valence-electron chi connectivity index (χ1n) is 37.7. The standard InChI is InChI=1S/C76H146O6/c1-4-7-10-13-16-19-21-23-25-27-29-31-32-33-34-35-36-37-38-39-40-41-42-43-45-46-48-50-52-54-57-60-63-66-69-75(78)81-72-73(71-80-74(77)68-65-62-59-56-18-15-12-9-6-3)82-76(79)70-67-64-61-58-55-53-51-49-47-44-30-28-26-24-22-20-17-14-11-8-5-2/h28,30,73H,4-27,29,31-72H2,1-3H3/b30-28-. The fourth-order valence-electron chi connectivity index (χ4n) is 11.9. The molecule has 0 aliphatic rings. The highest BCUT2D eigenvalue weighted by atomic mass is 16.6. The van der Waals surface area contributed by atoms with E-state index < -0.39 is 6.10 Å². The van der Waals surface area contributed by atoms with Crippen LogP contribution in [-0.4, -0.2) is 37.2 Å². The van der Waals surface area contributed by atoms with Gasteiger partial charge < -0.3 is 14.2 Å². The van der Waals surface area contributed by atoms with E-state index in [1.165, 1.54) is 340 Å². The molecule has 0 rings (SSSR count). The second-order valence-electron chi connectivity index (χ2n) is 25.9. The molecule has 0 heterocycles. The van der Waals surface area contributed by atoms with Crippen LogP contribution in [0.25, 0.3) is 0 Å². The zero-order chi connectivity index (χ0) is 59.2. The Balaban J connectivity index is 3.99. The molecule has 0 aromatic carbocycles. The molecule has 0 bridgehead atoms. The lowest BCUT2D eigenvalue weighted by Gasteiger charge is -2.18. The highest BCUT2D eigenvalue weighted by Crippen LogP contribution is 2.20. The van der Waals surface area contributed by atoms with Crippen LogP contribution in [0.2, 0.25) is 0 Å². The number of unbranched alkanes of at least 4 members (excludes halogenated alkanes) is 58. The number of carbonyl (C=O) groups excluding carboxylic acids is 3. The molecule has 0 N–H and O–H groups in total. The minimum atomic E-state index is -0.767. The predicted octanol–water partition coefficient (Wildman–Crippen LogP) is 26.0. The van der Waals surface area contributed by atoms with Gasteiger partial charge in [-0.15, -0.1) is 0 Å². The molecular weight excluding hydrogens is 1010 g/mol. The van der Waals surface area contributed by atoms with Crippen molar-refractivity contribution in [2.45, 2.75) is 444 Å². The van der Waals surface area contributed by atoms with Gasteiger partial charge in [0, 0.05) is 19.3 Å². The highest BCUT2D eigenvalue weighted by molar-refractivity contribution is 5.71. The van der Waals surface area contributed by atoms with Gasteiger partial charge in [-0.1, -0.05) is 386 Å². The first-order valence-corrected chi connectivity index (χ1v) is 37.7. The minimum Gasteiger partial charge on any atom is -0.462 e. The summed E-state index contributed by atoms with van der Waals surface area (Å²) in [7, 11) is 0. The number of carbonyl (C=O) groups is 3. The number of hydrogen-bond acceptors (Lipinski definition) is 6. The molecular formula is C76H146O6. The van der Waals surface area contributed by atoms with E-state index in [2.05, 4.69) is 32.9 Å². The van der Waals surface area contributed by atoms with Crippen LogP contribution in [0.15, 0.2) is 12.2 Å². The largest absolute Gasteiger partial charge is 0.462 e. The van der Waals surface area contributed by atoms with Crippen molar-refractivity contribution in [1.29, 1.82) is 0 Å². The van der Waals surface area contributed by atoms with E-state index in [1.54, 1.807) is 0 Å². The molecule has 0 aromatic rings. The Morgan fingerprint density at radius 1 is 0.232 bits per heavy atom. The smallest absolute Gasteiger partial charge is 0.306 e. The lowest BCUT2D eigenvalue weighted by atomic mass is 10.0. The Morgan fingerprint density at radius 3 is 0.610 bits per heavy atom. The van der Waals surface area contributed by atoms with Crippen molar-refractivity contribution in [2.24, 2.45) is 0 Å². The topological polar surface area (TPSA) is 78.9 Å². The SMILES string of the molecule is CCCCCCCCCC/C=C\CCCCCCCCCCCC(=O)OC(COC(=O)CCCCCCCCCCC)COC(=O)CCCCCCCCCCCCCCCCCCCCCCCCCCCCCCCCCCCC. The van der Waals surface area contributed by atoms with Crippen molar-refractivity contribution < 1.29 is 28.6 Å². The second kappa shape index (κ2) is 71.6. The van der Waals surface area contributed by atoms with Crippen LogP contribution in [-0.2, 0) is 28.6 Å². The summed E-state index contributed by atoms with van der Waals surface area (Å²) in [4.78, 5) is 38.3. The maximum atomic E-state index is 12.9. The number of rotatable bonds is 71. The average molecular weight is 1160 g/mol. The number of hydrogen-bond donors (Lipinski definition) is 0. The maximum Gasteiger partial charge on any atom is 0.306 e. The van der Waals surface area contributed by atoms with Crippen molar-refractivity contribution >= 4 is 17.9 Å². The summed E-state index contributed by atoms with van der Waals surface area (Å²) < 4.78 is 17.0. The van der Waals surface area contributed by atoms with Crippen LogP contribution in [0.4, 0.5) is 0 Å². The van der Waals surface area contributed by atoms with E-state index in [4.69, 9.17) is 14.2 Å². The van der Waals surface area contributed by atoms with E-state index in [0.717, 1.165) is 57.8 Å². The van der Waals surface area contributed by atoms with Gasteiger partial charge in [-0.2, -0.15) is 0 Å². The van der Waals surface area contributed by atoms with Crippen molar-refractivity contribution in [2.75, 3.05) is 13.2 Å². The van der Waals surface area contributed by atoms with E-state index >= 15 is 0 Å². The average Bonchev–Trinajstić information content (AvgIpc) is 3.48. The highest BCUT2D eigenvalue weighted by Gasteiger charge is 2.20. The lowest BCUT2D eigenvalue weighted by molar-refractivity contribution is -0.167. The summed E-state index contributed by atoms with van der Waals surface area (Å²) in [6, 6.07) is 0. The molecule has 0 aromatic heterocycles. The number of ether oxygens (including phenoxy) is 3. The Kier molecular flexibility index (Phi) is 70.0. The van der Waals surface area contributed by atoms with Gasteiger partial charge in [0.25, 0.3) is 0 Å². The molecule has 1 atom stereocenters. The summed E-state index contributed by atoms with van der Waals surface area (Å²) in [5, 5.41) is 0. The summed E-state index contributed by atoms with van der Waals surface area (Å²) >= 11 is 0. The third-order valence-electron chi connectivity index (χ3n) is 17.5. The predicted molar refractivity (Wildman–Crippen MR) is 358 cm³/mol. The normalized spacial score (nSPS) is 12.0. The van der Waals surface area contributed by atoms with Gasteiger partial charge in [0.1, 0.15) is 13.2 Å². The summed E-state index contributed by atoms with van der Waals surface area (Å²) in [6.07, 6.45) is 87.2. The molecule has 82 heavy (non-hydrogen) atoms. The molecule has 0 radical (unpaired) electrons. The van der Waals surface area contributed by atoms with Crippen LogP contribution in [0.5, 0.6) is 0 Å². The molecule has 1 unspecified atom stereocenters. The molecule has 0 saturated carbocycles. The quantitative estimate of drug-likeness (QED) is 0.0261. The third-order valence-corrected chi connectivity index (χ3v) is 17.5. The Morgan fingerprint density at radius 2 is 0.402 bits per heavy atom. The first-order chi connectivity index (χ1) is 40.5. The van der Waals surface area contributed by atoms with Gasteiger partial charge in [0.15, 0.2) is 6.10 Å². The molecule has 0 aliphatic heterocycles. The van der Waals surface area contributed by atoms with E-state index in [1.807, 2.05) is 0 Å². The number of esters is 3. The maximum absolute atomic E-state index is 12.9. The van der Waals surface area contributed by atoms with Crippen LogP contribution < -0.4 is 0 Å². The second-order valence-corrected chi connectivity index (χ2v) is 25.9. The van der Waals surface area contributed by atoms with E-state index in [9.17, 15) is 14.4 Å². The first kappa shape index (κ1) is 80.2. The molecule has 0 amide bonds. The van der Waals surface area contributed by atoms with E-state index in [0.29, 0.717) is 19.3 Å². The zero-order valence-electron chi connectivity index (χ0n) is 56.1. The molecule has 6 nitrogen and oxygen atoms in total. The monoisotopic (exact) mass is 1160 g/mol. The van der Waals surface area contributed by atoms with Gasteiger partial charge in [-0.05, 0) is 44.9 Å². The molecule has 0 saturated heterocycles. The third kappa shape index (κ3) is 68.9. The number of allylic oxidation sites excluding steroid dienone is 2. The van der Waals surface area contributed by atoms with Crippen molar-refractivity contribution in [3.63, 3.8) is 0 Å². The van der Waals surface area contributed by atoms with Gasteiger partial charge in [0.05, 0.1) is 0 Å². The van der Waals surface area contributed by atoms with Crippen LogP contribution in [0.1, 0.15) is 438 Å². The Labute approximate surface area is 513 Å². The zero-order valence-corrected chi connectivity index (χ0v) is 56.1. The Bertz CT molecular complexity index is 1280. The van der Waals surface area contributed by atoms with Crippen LogP contribution in [0, 0.1) is 0 Å². The van der Waals surface area contributed by atoms with Gasteiger partial charge >= 0.3 is 17.9 Å². The molecule has 0 spiro atoms. The minimum absolute atomic E-state index is 0.0643. The molecule has 6 heteroatoms. The summed E-state index contributed by atoms with van der Waals surface area (Å²) in [5.41, 5.74) is 0. The lowest BCUT2D eigenvalue weighted by Crippen LogP contribution is -2.30. The van der Waals surface area contributed by atoms with Crippen molar-refractivity contribution in [1.82, 2.24) is 0 Å². The van der Waals surface area contributed by atoms with Crippen molar-refractivity contribution in [3.05, 3.63) is 12.2 Å². The van der Waals surface area contributed by atoms with Crippen LogP contribution >= 0.6 is 0 Å².